The van der Waals surface area contributed by atoms with Crippen molar-refractivity contribution in [2.45, 2.75) is 52.2 Å². The summed E-state index contributed by atoms with van der Waals surface area (Å²) in [5.74, 6) is 0.513. The molecule has 2 heterocycles. The molecular formula is C62H52N3OPt-. The fourth-order valence-electron chi connectivity index (χ4n) is 8.53. The van der Waals surface area contributed by atoms with E-state index in [0.29, 0.717) is 33.6 Å². The zero-order valence-electron chi connectivity index (χ0n) is 49.8. The topological polar surface area (TPSA) is 50.9 Å². The average molecular weight is 1060 g/mol. The Morgan fingerprint density at radius 1 is 0.537 bits per heavy atom. The van der Waals surface area contributed by atoms with Crippen LogP contribution in [-0.2, 0) is 31.9 Å². The van der Waals surface area contributed by atoms with Crippen LogP contribution >= 0.6 is 0 Å². The Morgan fingerprint density at radius 2 is 1.15 bits per heavy atom. The molecule has 10 aromatic rings. The molecule has 332 valence electrons. The number of pyridine rings is 1. The van der Waals surface area contributed by atoms with Crippen molar-refractivity contribution in [3.05, 3.63) is 217 Å². The quantitative estimate of drug-likeness (QED) is 0.154. The number of hydrogen-bond acceptors (Lipinski definition) is 3. The van der Waals surface area contributed by atoms with Gasteiger partial charge in [-0.05, 0) is 91.7 Å². The molecule has 2 aromatic heterocycles. The van der Waals surface area contributed by atoms with Gasteiger partial charge in [-0.3, -0.25) is 9.55 Å². The third-order valence-corrected chi connectivity index (χ3v) is 11.8. The summed E-state index contributed by atoms with van der Waals surface area (Å²) in [6.07, 6.45) is 1.41. The van der Waals surface area contributed by atoms with Crippen LogP contribution in [0.5, 0.6) is 5.75 Å². The molecule has 0 saturated heterocycles. The van der Waals surface area contributed by atoms with E-state index in [4.69, 9.17) is 27.8 Å². The molecule has 0 atom stereocenters. The smallest absolute Gasteiger partial charge is 0.148 e. The molecule has 4 nitrogen and oxygen atoms in total. The van der Waals surface area contributed by atoms with Crippen LogP contribution in [0.4, 0.5) is 0 Å². The Morgan fingerprint density at radius 3 is 1.81 bits per heavy atom. The molecule has 0 amide bonds. The maximum atomic E-state index is 11.7. The zero-order chi connectivity index (χ0) is 56.6. The van der Waals surface area contributed by atoms with E-state index < -0.39 is 55.7 Å². The molecule has 10 rings (SSSR count). The van der Waals surface area contributed by atoms with E-state index in [1.54, 1.807) is 12.1 Å². The van der Waals surface area contributed by atoms with E-state index in [9.17, 15) is 5.11 Å². The zero-order valence-corrected chi connectivity index (χ0v) is 39.1. The van der Waals surface area contributed by atoms with Crippen molar-refractivity contribution in [3.63, 3.8) is 0 Å². The van der Waals surface area contributed by atoms with Gasteiger partial charge in [0.25, 0.3) is 0 Å². The second-order valence-electron chi connectivity index (χ2n) is 17.4. The summed E-state index contributed by atoms with van der Waals surface area (Å²) in [7, 11) is 0. The summed E-state index contributed by atoms with van der Waals surface area (Å²) in [6.45, 7) is -4.85. The molecular weight excluding hydrogens is 998 g/mol. The molecule has 0 aliphatic carbocycles. The second-order valence-corrected chi connectivity index (χ2v) is 17.4. The van der Waals surface area contributed by atoms with Crippen molar-refractivity contribution in [3.8, 4) is 89.7 Å². The van der Waals surface area contributed by atoms with Crippen LogP contribution in [-0.4, -0.2) is 19.6 Å². The van der Waals surface area contributed by atoms with Crippen LogP contribution in [0.15, 0.2) is 200 Å². The first-order valence-corrected chi connectivity index (χ1v) is 21.6. The van der Waals surface area contributed by atoms with E-state index in [1.165, 1.54) is 18.3 Å². The van der Waals surface area contributed by atoms with Gasteiger partial charge in [0.05, 0.1) is 27.8 Å². The number of benzene rings is 8. The van der Waals surface area contributed by atoms with Crippen LogP contribution in [0.1, 0.15) is 70.3 Å². The molecule has 0 bridgehead atoms. The third-order valence-electron chi connectivity index (χ3n) is 11.8. The fraction of sp³-hybridized carbons (Fsp3) is 0.129. The predicted octanol–water partition coefficient (Wildman–Crippen LogP) is 16.2. The monoisotopic (exact) mass is 1060 g/mol. The number of phenolic OH excluding ortho intramolecular Hbond substituents is 1. The number of imidazole rings is 1. The summed E-state index contributed by atoms with van der Waals surface area (Å²) in [5.41, 5.74) is 5.86. The molecule has 0 fully saturated rings. The predicted molar refractivity (Wildman–Crippen MR) is 275 cm³/mol. The molecule has 1 N–H and O–H groups in total. The number of nitrogens with zero attached hydrogens (tertiary/aromatic N) is 3. The van der Waals surface area contributed by atoms with Crippen LogP contribution in [0, 0.1) is 6.07 Å². The summed E-state index contributed by atoms with van der Waals surface area (Å²) in [5, 5.41) is 11.7. The van der Waals surface area contributed by atoms with E-state index in [2.05, 4.69) is 67.8 Å². The van der Waals surface area contributed by atoms with Gasteiger partial charge < -0.3 is 5.11 Å². The van der Waals surface area contributed by atoms with Crippen molar-refractivity contribution in [2.75, 3.05) is 0 Å². The average Bonchev–Trinajstić information content (AvgIpc) is 3.45. The van der Waals surface area contributed by atoms with Crippen molar-refractivity contribution in [1.29, 1.82) is 0 Å². The van der Waals surface area contributed by atoms with Gasteiger partial charge in [0.1, 0.15) is 11.6 Å². The van der Waals surface area contributed by atoms with Crippen molar-refractivity contribution in [2.24, 2.45) is 0 Å². The summed E-state index contributed by atoms with van der Waals surface area (Å²) >= 11 is 0. The van der Waals surface area contributed by atoms with Gasteiger partial charge in [-0.25, -0.2) is 4.98 Å². The first kappa shape index (κ1) is 31.7. The first-order chi connectivity index (χ1) is 37.3. The molecule has 0 saturated carbocycles. The van der Waals surface area contributed by atoms with Gasteiger partial charge in [-0.2, -0.15) is 0 Å². The molecule has 0 aliphatic heterocycles. The van der Waals surface area contributed by atoms with Crippen LogP contribution in [0.2, 0.25) is 0 Å². The van der Waals surface area contributed by atoms with Gasteiger partial charge >= 0.3 is 0 Å². The minimum Gasteiger partial charge on any atom is -0.507 e. The number of para-hydroxylation sites is 2. The molecule has 0 aliphatic rings. The summed E-state index contributed by atoms with van der Waals surface area (Å²) in [6, 6.07) is 54.1. The van der Waals surface area contributed by atoms with Crippen LogP contribution in [0.25, 0.3) is 95.0 Å². The Hall–Kier alpha value is -7.13. The fourth-order valence-corrected chi connectivity index (χ4v) is 8.53. The van der Waals surface area contributed by atoms with Gasteiger partial charge in [-0.15, -0.1) is 23.8 Å². The largest absolute Gasteiger partial charge is 0.507 e. The van der Waals surface area contributed by atoms with Crippen molar-refractivity contribution < 1.29 is 44.0 Å². The normalized spacial score (nSPS) is 15.1. The van der Waals surface area contributed by atoms with Gasteiger partial charge in [0.2, 0.25) is 0 Å². The van der Waals surface area contributed by atoms with E-state index in [1.807, 2.05) is 109 Å². The summed E-state index contributed by atoms with van der Waals surface area (Å²) < 4.78 is 113. The standard InChI is InChI=1S/C62H52N3O.Pt/c1-61(2,3)49-31-29-42(30-32-49)45-33-34-63-55(38-45)48-36-46(41-19-10-7-11-20-41)35-47(37-48)50-26-18-27-56-59(50)64-60(51-25-16-17-28-58(51)66)65(56)57-40-52(43-21-12-8-13-22-43)54(62(4,5)6)39-53(57)44-23-14-9-15-24-44;/h7-36,38-40,66H,1-6H3;/q-1;/i1D3,2D3,3D3,29D,30D,31D,32D;. The van der Waals surface area contributed by atoms with E-state index >= 15 is 0 Å². The van der Waals surface area contributed by atoms with Crippen LogP contribution in [0.3, 0.4) is 0 Å². The Bertz CT molecular complexity index is 3900. The molecule has 0 unspecified atom stereocenters. The third kappa shape index (κ3) is 8.95. The van der Waals surface area contributed by atoms with Crippen molar-refractivity contribution in [1.82, 2.24) is 14.5 Å². The number of aromatic nitrogens is 3. The molecule has 67 heavy (non-hydrogen) atoms. The van der Waals surface area contributed by atoms with Crippen LogP contribution < -0.4 is 0 Å². The Labute approximate surface area is 427 Å². The molecule has 0 radical (unpaired) electrons. The minimum atomic E-state index is -3.82. The maximum Gasteiger partial charge on any atom is 0.148 e. The SMILES string of the molecule is [2H]c1c([2H])c(C(C([2H])([2H])[2H])(C([2H])([2H])[2H])C([2H])([2H])[2H])c([2H])c([2H])c1-c1ccnc(-c2[c-]c(-c3cccc4c3nc(-c3ccccc3O)n4-c3cc(-c4ccccc4)c(C(C)(C)C)cc3-c3ccccc3)cc(-c3ccccc3)c2)c1.[Pt]. The van der Waals surface area contributed by atoms with E-state index in [0.717, 1.165) is 50.1 Å². The number of rotatable bonds is 8. The Kier molecular flexibility index (Phi) is 8.65. The maximum absolute atomic E-state index is 11.7. The van der Waals surface area contributed by atoms with E-state index in [-0.39, 0.29) is 49.1 Å². The Balaban J connectivity index is 0.00000774. The summed E-state index contributed by atoms with van der Waals surface area (Å²) in [4.78, 5) is 10.2. The first-order valence-electron chi connectivity index (χ1n) is 28.1. The number of aromatic hydroxyl groups is 1. The number of fused-ring (bicyclic) bond motifs is 1. The molecule has 5 heteroatoms. The number of hydrogen-bond donors (Lipinski definition) is 1. The van der Waals surface area contributed by atoms with Crippen molar-refractivity contribution >= 4 is 11.0 Å². The molecule has 8 aromatic carbocycles. The van der Waals surface area contributed by atoms with Gasteiger partial charge in [-0.1, -0.05) is 204 Å². The molecule has 0 spiro atoms. The van der Waals surface area contributed by atoms with Gasteiger partial charge in [0, 0.05) is 50.9 Å². The minimum absolute atomic E-state index is 0. The number of phenols is 1. The van der Waals surface area contributed by atoms with Gasteiger partial charge in [0.15, 0.2) is 0 Å². The second kappa shape index (κ2) is 18.3.